The van der Waals surface area contributed by atoms with Crippen molar-refractivity contribution in [2.45, 2.75) is 6.54 Å². The van der Waals surface area contributed by atoms with Crippen molar-refractivity contribution in [3.63, 3.8) is 0 Å². The first-order valence-electron chi connectivity index (χ1n) is 9.28. The Kier molecular flexibility index (Phi) is 7.52. The van der Waals surface area contributed by atoms with Gasteiger partial charge in [0.15, 0.2) is 0 Å². The zero-order valence-corrected chi connectivity index (χ0v) is 17.4. The number of amides is 1. The molecule has 0 aliphatic rings. The lowest BCUT2D eigenvalue weighted by atomic mass is 10.0. The maximum Gasteiger partial charge on any atom is 0.238 e. The molecule has 2 N–H and O–H groups in total. The van der Waals surface area contributed by atoms with Gasteiger partial charge in [-0.05, 0) is 29.8 Å². The van der Waals surface area contributed by atoms with Crippen LogP contribution in [0.2, 0.25) is 0 Å². The van der Waals surface area contributed by atoms with E-state index in [1.807, 2.05) is 54.6 Å². The highest BCUT2D eigenvalue weighted by Gasteiger charge is 2.15. The fraction of sp³-hybridized carbons (Fsp3) is 0.174. The molecule has 0 bridgehead atoms. The zero-order valence-electron chi connectivity index (χ0n) is 15.8. The van der Waals surface area contributed by atoms with Crippen LogP contribution in [0.25, 0.3) is 11.1 Å². The van der Waals surface area contributed by atoms with E-state index < -0.39 is 0 Å². The van der Waals surface area contributed by atoms with Crippen LogP contribution in [0.15, 0.2) is 77.3 Å². The van der Waals surface area contributed by atoms with Gasteiger partial charge in [0.25, 0.3) is 0 Å². The van der Waals surface area contributed by atoms with Crippen molar-refractivity contribution in [1.82, 2.24) is 4.90 Å². The molecule has 1 amide bonds. The summed E-state index contributed by atoms with van der Waals surface area (Å²) in [6.45, 7) is 0.401. The quantitative estimate of drug-likeness (QED) is 0.516. The van der Waals surface area contributed by atoms with Crippen LogP contribution in [0.1, 0.15) is 5.56 Å². The number of benzene rings is 3. The van der Waals surface area contributed by atoms with Crippen molar-refractivity contribution >= 4 is 27.5 Å². The molecule has 3 rings (SSSR count). The van der Waals surface area contributed by atoms with Crippen LogP contribution in [-0.4, -0.2) is 35.6 Å². The van der Waals surface area contributed by atoms with E-state index in [9.17, 15) is 14.3 Å². The summed E-state index contributed by atoms with van der Waals surface area (Å²) < 4.78 is 14.8. The third kappa shape index (κ3) is 5.97. The number of anilines is 1. The largest absolute Gasteiger partial charge is 0.395 e. The maximum absolute atomic E-state index is 14.1. The lowest BCUT2D eigenvalue weighted by Crippen LogP contribution is -2.35. The van der Waals surface area contributed by atoms with Crippen molar-refractivity contribution in [2.24, 2.45) is 0 Å². The molecule has 3 aromatic rings. The van der Waals surface area contributed by atoms with Gasteiger partial charge in [0.2, 0.25) is 5.91 Å². The van der Waals surface area contributed by atoms with Crippen LogP contribution in [0.3, 0.4) is 0 Å². The molecule has 0 saturated carbocycles. The van der Waals surface area contributed by atoms with Gasteiger partial charge in [-0.15, -0.1) is 0 Å². The van der Waals surface area contributed by atoms with E-state index in [2.05, 4.69) is 21.2 Å². The van der Waals surface area contributed by atoms with Crippen LogP contribution in [0, 0.1) is 5.82 Å². The number of nitrogens with one attached hydrogen (secondary N) is 1. The first-order chi connectivity index (χ1) is 14.1. The number of nitrogens with zero attached hydrogens (tertiary/aromatic N) is 1. The van der Waals surface area contributed by atoms with Crippen LogP contribution in [-0.2, 0) is 11.3 Å². The molecular weight excluding hydrogens is 435 g/mol. The first-order valence-corrected chi connectivity index (χ1v) is 10.1. The second kappa shape index (κ2) is 10.3. The van der Waals surface area contributed by atoms with Gasteiger partial charge in [0.1, 0.15) is 5.82 Å². The van der Waals surface area contributed by atoms with E-state index in [1.165, 1.54) is 6.07 Å². The minimum atomic E-state index is -0.342. The molecule has 0 saturated heterocycles. The highest BCUT2D eigenvalue weighted by atomic mass is 79.9. The lowest BCUT2D eigenvalue weighted by molar-refractivity contribution is -0.117. The molecule has 0 fully saturated rings. The molecule has 4 nitrogen and oxygen atoms in total. The molecule has 0 aromatic heterocycles. The average Bonchev–Trinajstić information content (AvgIpc) is 2.72. The van der Waals surface area contributed by atoms with Crippen molar-refractivity contribution in [2.75, 3.05) is 25.0 Å². The molecule has 0 radical (unpaired) electrons. The first kappa shape index (κ1) is 21.2. The Morgan fingerprint density at radius 2 is 1.76 bits per heavy atom. The molecule has 0 atom stereocenters. The van der Waals surface area contributed by atoms with Crippen LogP contribution in [0.4, 0.5) is 10.1 Å². The number of hydrogen-bond acceptors (Lipinski definition) is 3. The van der Waals surface area contributed by atoms with E-state index in [4.69, 9.17) is 0 Å². The molecule has 150 valence electrons. The Morgan fingerprint density at radius 1 is 1.03 bits per heavy atom. The molecule has 0 aliphatic heterocycles. The number of rotatable bonds is 8. The molecule has 29 heavy (non-hydrogen) atoms. The molecule has 6 heteroatoms. The van der Waals surface area contributed by atoms with Gasteiger partial charge in [0.05, 0.1) is 13.2 Å². The summed E-state index contributed by atoms with van der Waals surface area (Å²) in [5.74, 6) is -0.566. The SMILES string of the molecule is O=C(CN(CCO)Cc1cc(Br)ccc1F)Nc1ccccc1-c1ccccc1. The second-order valence-corrected chi connectivity index (χ2v) is 7.55. The highest BCUT2D eigenvalue weighted by Crippen LogP contribution is 2.27. The zero-order chi connectivity index (χ0) is 20.6. The standard InChI is InChI=1S/C23H22BrFN2O2/c24-19-10-11-21(25)18(14-19)15-27(12-13-28)16-23(29)26-22-9-5-4-8-20(22)17-6-2-1-3-7-17/h1-11,14,28H,12-13,15-16H2,(H,26,29). The Labute approximate surface area is 178 Å². The van der Waals surface area contributed by atoms with Gasteiger partial charge in [-0.2, -0.15) is 0 Å². The third-order valence-corrected chi connectivity index (χ3v) is 4.96. The molecule has 0 aliphatic carbocycles. The fourth-order valence-corrected chi connectivity index (χ4v) is 3.52. The Balaban J connectivity index is 1.72. The number of carbonyl (C=O) groups is 1. The van der Waals surface area contributed by atoms with Gasteiger partial charge in [0, 0.05) is 34.4 Å². The van der Waals surface area contributed by atoms with Gasteiger partial charge < -0.3 is 10.4 Å². The molecule has 0 heterocycles. The Morgan fingerprint density at radius 3 is 2.52 bits per heavy atom. The van der Waals surface area contributed by atoms with E-state index in [0.717, 1.165) is 15.6 Å². The summed E-state index contributed by atoms with van der Waals surface area (Å²) in [6, 6.07) is 22.1. The smallest absolute Gasteiger partial charge is 0.238 e. The number of halogens is 2. The van der Waals surface area contributed by atoms with Gasteiger partial charge in [-0.1, -0.05) is 64.5 Å². The summed E-state index contributed by atoms with van der Waals surface area (Å²) >= 11 is 3.34. The van der Waals surface area contributed by atoms with Crippen molar-refractivity contribution in [3.05, 3.63) is 88.6 Å². The summed E-state index contributed by atoms with van der Waals surface area (Å²) in [5.41, 5.74) is 3.10. The Bertz CT molecular complexity index is 966. The minimum absolute atomic E-state index is 0.0373. The monoisotopic (exact) mass is 456 g/mol. The number of aliphatic hydroxyl groups excluding tert-OH is 1. The van der Waals surface area contributed by atoms with Crippen molar-refractivity contribution in [3.8, 4) is 11.1 Å². The maximum atomic E-state index is 14.1. The summed E-state index contributed by atoms with van der Waals surface area (Å²) in [4.78, 5) is 14.4. The third-order valence-electron chi connectivity index (χ3n) is 4.47. The normalized spacial score (nSPS) is 10.9. The topological polar surface area (TPSA) is 52.6 Å². The fourth-order valence-electron chi connectivity index (χ4n) is 3.12. The van der Waals surface area contributed by atoms with Crippen LogP contribution >= 0.6 is 15.9 Å². The molecule has 0 spiro atoms. The minimum Gasteiger partial charge on any atom is -0.395 e. The van der Waals surface area contributed by atoms with E-state index in [0.29, 0.717) is 11.3 Å². The number of aliphatic hydroxyl groups is 1. The van der Waals surface area contributed by atoms with Gasteiger partial charge in [-0.3, -0.25) is 9.69 Å². The second-order valence-electron chi connectivity index (χ2n) is 6.63. The number of carbonyl (C=O) groups excluding carboxylic acids is 1. The number of hydrogen-bond donors (Lipinski definition) is 2. The van der Waals surface area contributed by atoms with E-state index in [1.54, 1.807) is 17.0 Å². The predicted molar refractivity (Wildman–Crippen MR) is 117 cm³/mol. The molecular formula is C23H22BrFN2O2. The number of para-hydroxylation sites is 1. The van der Waals surface area contributed by atoms with Crippen LogP contribution < -0.4 is 5.32 Å². The molecule has 3 aromatic carbocycles. The highest BCUT2D eigenvalue weighted by molar-refractivity contribution is 9.10. The summed E-state index contributed by atoms with van der Waals surface area (Å²) in [6.07, 6.45) is 0. The van der Waals surface area contributed by atoms with E-state index in [-0.39, 0.29) is 38.0 Å². The van der Waals surface area contributed by atoms with E-state index >= 15 is 0 Å². The summed E-state index contributed by atoms with van der Waals surface area (Å²) in [5, 5.41) is 12.3. The van der Waals surface area contributed by atoms with Crippen LogP contribution in [0.5, 0.6) is 0 Å². The van der Waals surface area contributed by atoms with Crippen molar-refractivity contribution in [1.29, 1.82) is 0 Å². The average molecular weight is 457 g/mol. The van der Waals surface area contributed by atoms with Gasteiger partial charge in [-0.25, -0.2) is 4.39 Å². The van der Waals surface area contributed by atoms with Gasteiger partial charge >= 0.3 is 0 Å². The predicted octanol–water partition coefficient (Wildman–Crippen LogP) is 4.69. The Hall–Kier alpha value is -2.54. The summed E-state index contributed by atoms with van der Waals surface area (Å²) in [7, 11) is 0. The van der Waals surface area contributed by atoms with Crippen molar-refractivity contribution < 1.29 is 14.3 Å². The lowest BCUT2D eigenvalue weighted by Gasteiger charge is -2.22. The molecule has 0 unspecified atom stereocenters.